The van der Waals surface area contributed by atoms with Crippen molar-refractivity contribution in [3.8, 4) is 0 Å². The van der Waals surface area contributed by atoms with Gasteiger partial charge in [-0.1, -0.05) is 31.2 Å². The van der Waals surface area contributed by atoms with Crippen molar-refractivity contribution in [2.24, 2.45) is 4.99 Å². The second kappa shape index (κ2) is 13.3. The first-order valence-electron chi connectivity index (χ1n) is 10.1. The van der Waals surface area contributed by atoms with Gasteiger partial charge in [0.15, 0.2) is 5.96 Å². The Morgan fingerprint density at radius 2 is 1.89 bits per heavy atom. The van der Waals surface area contributed by atoms with Crippen LogP contribution in [0.4, 0.5) is 0 Å². The van der Waals surface area contributed by atoms with Crippen LogP contribution >= 0.6 is 24.0 Å². The van der Waals surface area contributed by atoms with Crippen LogP contribution in [0.15, 0.2) is 29.3 Å². The van der Waals surface area contributed by atoms with Gasteiger partial charge >= 0.3 is 0 Å². The number of hydrogen-bond donors (Lipinski definition) is 2. The molecule has 1 atom stereocenters. The second-order valence-electron chi connectivity index (χ2n) is 7.18. The SMILES string of the molecule is CCNC(=NCc1ccc(COC(C)C)cc1)NCC1CCCN1CC.I. The lowest BCUT2D eigenvalue weighted by atomic mass is 10.1. The molecule has 2 rings (SSSR count). The number of likely N-dealkylation sites (N-methyl/N-ethyl adjacent to an activating group) is 1. The molecule has 0 aromatic heterocycles. The van der Waals surface area contributed by atoms with Crippen LogP contribution in [-0.2, 0) is 17.9 Å². The van der Waals surface area contributed by atoms with Crippen LogP contribution in [0.5, 0.6) is 0 Å². The molecule has 2 N–H and O–H groups in total. The minimum atomic E-state index is 0. The zero-order valence-corrected chi connectivity index (χ0v) is 19.7. The van der Waals surface area contributed by atoms with Gasteiger partial charge in [0.05, 0.1) is 19.3 Å². The highest BCUT2D eigenvalue weighted by Gasteiger charge is 2.22. The Morgan fingerprint density at radius 3 is 2.52 bits per heavy atom. The van der Waals surface area contributed by atoms with Gasteiger partial charge in [0.25, 0.3) is 0 Å². The van der Waals surface area contributed by atoms with E-state index in [2.05, 4.69) is 67.5 Å². The molecule has 0 amide bonds. The minimum Gasteiger partial charge on any atom is -0.374 e. The normalized spacial score (nSPS) is 17.8. The molecule has 5 nitrogen and oxygen atoms in total. The maximum atomic E-state index is 5.64. The molecule has 1 saturated heterocycles. The van der Waals surface area contributed by atoms with Crippen molar-refractivity contribution in [2.75, 3.05) is 26.2 Å². The smallest absolute Gasteiger partial charge is 0.191 e. The quantitative estimate of drug-likeness (QED) is 0.316. The molecule has 154 valence electrons. The Morgan fingerprint density at radius 1 is 1.19 bits per heavy atom. The Labute approximate surface area is 182 Å². The summed E-state index contributed by atoms with van der Waals surface area (Å²) >= 11 is 0. The van der Waals surface area contributed by atoms with E-state index in [1.54, 1.807) is 0 Å². The van der Waals surface area contributed by atoms with Crippen LogP contribution in [0.2, 0.25) is 0 Å². The molecule has 1 unspecified atom stereocenters. The van der Waals surface area contributed by atoms with Crippen LogP contribution in [0, 0.1) is 0 Å². The lowest BCUT2D eigenvalue weighted by molar-refractivity contribution is 0.0657. The first-order chi connectivity index (χ1) is 12.6. The van der Waals surface area contributed by atoms with E-state index in [1.807, 2.05) is 0 Å². The van der Waals surface area contributed by atoms with Gasteiger partial charge in [-0.3, -0.25) is 4.90 Å². The molecule has 1 aromatic carbocycles. The Kier molecular flexibility index (Phi) is 11.9. The van der Waals surface area contributed by atoms with Crippen molar-refractivity contribution in [1.82, 2.24) is 15.5 Å². The van der Waals surface area contributed by atoms with Gasteiger partial charge in [-0.2, -0.15) is 0 Å². The minimum absolute atomic E-state index is 0. The monoisotopic (exact) mass is 488 g/mol. The first-order valence-corrected chi connectivity index (χ1v) is 10.1. The van der Waals surface area contributed by atoms with E-state index in [9.17, 15) is 0 Å². The van der Waals surface area contributed by atoms with Crippen molar-refractivity contribution in [2.45, 2.75) is 65.8 Å². The summed E-state index contributed by atoms with van der Waals surface area (Å²) in [5.41, 5.74) is 2.42. The fourth-order valence-corrected chi connectivity index (χ4v) is 3.27. The Hall–Kier alpha value is -0.860. The van der Waals surface area contributed by atoms with E-state index in [0.29, 0.717) is 19.2 Å². The molecular formula is C21H37IN4O. The van der Waals surface area contributed by atoms with Crippen LogP contribution in [0.1, 0.15) is 51.7 Å². The van der Waals surface area contributed by atoms with E-state index in [4.69, 9.17) is 9.73 Å². The lowest BCUT2D eigenvalue weighted by Gasteiger charge is -2.24. The number of rotatable bonds is 9. The van der Waals surface area contributed by atoms with Crippen molar-refractivity contribution in [3.63, 3.8) is 0 Å². The molecule has 1 aliphatic rings. The summed E-state index contributed by atoms with van der Waals surface area (Å²) < 4.78 is 5.64. The summed E-state index contributed by atoms with van der Waals surface area (Å²) in [4.78, 5) is 7.29. The topological polar surface area (TPSA) is 48.9 Å². The van der Waals surface area contributed by atoms with Crippen molar-refractivity contribution in [3.05, 3.63) is 35.4 Å². The number of nitrogens with one attached hydrogen (secondary N) is 2. The molecule has 1 heterocycles. The van der Waals surface area contributed by atoms with E-state index >= 15 is 0 Å². The van der Waals surface area contributed by atoms with E-state index in [-0.39, 0.29) is 30.1 Å². The van der Waals surface area contributed by atoms with Gasteiger partial charge < -0.3 is 15.4 Å². The average Bonchev–Trinajstić information content (AvgIpc) is 3.10. The van der Waals surface area contributed by atoms with Gasteiger partial charge in [-0.25, -0.2) is 4.99 Å². The fourth-order valence-electron chi connectivity index (χ4n) is 3.27. The van der Waals surface area contributed by atoms with Gasteiger partial charge in [0.2, 0.25) is 0 Å². The molecule has 0 aliphatic carbocycles. The summed E-state index contributed by atoms with van der Waals surface area (Å²) in [6.45, 7) is 14.0. The number of nitrogens with zero attached hydrogens (tertiary/aromatic N) is 2. The molecular weight excluding hydrogens is 451 g/mol. The highest BCUT2D eigenvalue weighted by atomic mass is 127. The number of guanidine groups is 1. The van der Waals surface area contributed by atoms with Crippen LogP contribution < -0.4 is 10.6 Å². The zero-order valence-electron chi connectivity index (χ0n) is 17.3. The van der Waals surface area contributed by atoms with E-state index in [0.717, 1.165) is 25.6 Å². The molecule has 0 spiro atoms. The maximum Gasteiger partial charge on any atom is 0.191 e. The number of likely N-dealkylation sites (tertiary alicyclic amines) is 1. The van der Waals surface area contributed by atoms with Crippen LogP contribution in [0.3, 0.4) is 0 Å². The standard InChI is InChI=1S/C21H36N4O.HI/c1-5-22-21(24-15-20-8-7-13-25(20)6-2)23-14-18-9-11-19(12-10-18)16-26-17(3)4;/h9-12,17,20H,5-8,13-16H2,1-4H3,(H2,22,23,24);1H. The Balaban J connectivity index is 0.00000364. The lowest BCUT2D eigenvalue weighted by Crippen LogP contribution is -2.44. The fraction of sp³-hybridized carbons (Fsp3) is 0.667. The number of halogens is 1. The first kappa shape index (κ1) is 24.2. The summed E-state index contributed by atoms with van der Waals surface area (Å²) in [7, 11) is 0. The highest BCUT2D eigenvalue weighted by Crippen LogP contribution is 2.15. The van der Waals surface area contributed by atoms with Crippen LogP contribution in [-0.4, -0.2) is 49.2 Å². The van der Waals surface area contributed by atoms with Gasteiger partial charge in [0, 0.05) is 19.1 Å². The zero-order chi connectivity index (χ0) is 18.8. The summed E-state index contributed by atoms with van der Waals surface area (Å²) in [5.74, 6) is 0.905. The van der Waals surface area contributed by atoms with Crippen molar-refractivity contribution >= 4 is 29.9 Å². The number of aliphatic imine (C=N–C) groups is 1. The number of benzene rings is 1. The predicted octanol–water partition coefficient (Wildman–Crippen LogP) is 3.77. The molecule has 6 heteroatoms. The second-order valence-corrected chi connectivity index (χ2v) is 7.18. The average molecular weight is 488 g/mol. The maximum absolute atomic E-state index is 5.64. The van der Waals surface area contributed by atoms with Crippen LogP contribution in [0.25, 0.3) is 0 Å². The summed E-state index contributed by atoms with van der Waals surface area (Å²) in [5, 5.41) is 6.87. The third kappa shape index (κ3) is 8.79. The summed E-state index contributed by atoms with van der Waals surface area (Å²) in [6, 6.07) is 9.17. The Bertz CT molecular complexity index is 548. The number of hydrogen-bond acceptors (Lipinski definition) is 3. The number of ether oxygens (including phenoxy) is 1. The molecule has 1 aliphatic heterocycles. The third-order valence-corrected chi connectivity index (χ3v) is 4.78. The largest absolute Gasteiger partial charge is 0.374 e. The van der Waals surface area contributed by atoms with Gasteiger partial charge in [-0.15, -0.1) is 24.0 Å². The molecule has 27 heavy (non-hydrogen) atoms. The highest BCUT2D eigenvalue weighted by molar-refractivity contribution is 14.0. The molecule has 0 radical (unpaired) electrons. The van der Waals surface area contributed by atoms with Crippen molar-refractivity contribution < 1.29 is 4.74 Å². The van der Waals surface area contributed by atoms with E-state index < -0.39 is 0 Å². The van der Waals surface area contributed by atoms with Gasteiger partial charge in [0.1, 0.15) is 0 Å². The third-order valence-electron chi connectivity index (χ3n) is 4.78. The molecule has 1 fully saturated rings. The van der Waals surface area contributed by atoms with Crippen molar-refractivity contribution in [1.29, 1.82) is 0 Å². The van der Waals surface area contributed by atoms with Gasteiger partial charge in [-0.05, 0) is 57.8 Å². The van der Waals surface area contributed by atoms with E-state index in [1.165, 1.54) is 30.5 Å². The molecule has 0 saturated carbocycles. The summed E-state index contributed by atoms with van der Waals surface area (Å²) in [6.07, 6.45) is 2.84. The molecule has 1 aromatic rings. The molecule has 0 bridgehead atoms. The predicted molar refractivity (Wildman–Crippen MR) is 125 cm³/mol.